The summed E-state index contributed by atoms with van der Waals surface area (Å²) in [6, 6.07) is 2.14. The van der Waals surface area contributed by atoms with Gasteiger partial charge in [0.25, 0.3) is 0 Å². The predicted octanol–water partition coefficient (Wildman–Crippen LogP) is 4.26. The van der Waals surface area contributed by atoms with Crippen molar-refractivity contribution < 1.29 is 4.42 Å². The van der Waals surface area contributed by atoms with Crippen molar-refractivity contribution >= 4 is 0 Å². The minimum atomic E-state index is 0.163. The van der Waals surface area contributed by atoms with Gasteiger partial charge in [-0.15, -0.1) is 0 Å². The van der Waals surface area contributed by atoms with E-state index < -0.39 is 0 Å². The maximum absolute atomic E-state index is 5.55. The van der Waals surface area contributed by atoms with Crippen LogP contribution in [0.1, 0.15) is 51.9 Å². The van der Waals surface area contributed by atoms with Gasteiger partial charge in [0.05, 0.1) is 6.26 Å². The first-order valence-corrected chi connectivity index (χ1v) is 5.06. The Morgan fingerprint density at radius 2 is 2.00 bits per heavy atom. The van der Waals surface area contributed by atoms with Crippen LogP contribution in [0, 0.1) is 0 Å². The van der Waals surface area contributed by atoms with Crippen LogP contribution in [0.3, 0.4) is 0 Å². The molecule has 1 atom stereocenters. The molecule has 0 radical (unpaired) electrons. The van der Waals surface area contributed by atoms with Gasteiger partial charge < -0.3 is 4.42 Å². The van der Waals surface area contributed by atoms with Gasteiger partial charge in [-0.2, -0.15) is 0 Å². The van der Waals surface area contributed by atoms with Gasteiger partial charge in [0.15, 0.2) is 0 Å². The molecular weight excluding hydrogens is 172 g/mol. The van der Waals surface area contributed by atoms with E-state index in [2.05, 4.69) is 40.3 Å². The lowest BCUT2D eigenvalue weighted by molar-refractivity contribution is 0.485. The molecule has 0 aliphatic rings. The van der Waals surface area contributed by atoms with E-state index in [-0.39, 0.29) is 5.41 Å². The summed E-state index contributed by atoms with van der Waals surface area (Å²) in [4.78, 5) is 0. The summed E-state index contributed by atoms with van der Waals surface area (Å²) in [6.45, 7) is 14.7. The van der Waals surface area contributed by atoms with Crippen LogP contribution < -0.4 is 0 Å². The van der Waals surface area contributed by atoms with Crippen molar-refractivity contribution in [3.8, 4) is 0 Å². The third-order valence-electron chi connectivity index (χ3n) is 2.65. The van der Waals surface area contributed by atoms with E-state index in [1.165, 1.54) is 5.56 Å². The van der Waals surface area contributed by atoms with E-state index in [9.17, 15) is 0 Å². The van der Waals surface area contributed by atoms with Gasteiger partial charge >= 0.3 is 0 Å². The first-order chi connectivity index (χ1) is 6.32. The monoisotopic (exact) mass is 192 g/mol. The number of furan rings is 1. The molecule has 1 aromatic rings. The molecule has 1 heterocycles. The summed E-state index contributed by atoms with van der Waals surface area (Å²) in [6.07, 6.45) is 1.86. The Labute approximate surface area is 86.8 Å². The minimum Gasteiger partial charge on any atom is -0.468 e. The largest absolute Gasteiger partial charge is 0.468 e. The molecule has 0 spiro atoms. The molecule has 1 nitrogen and oxygen atoms in total. The van der Waals surface area contributed by atoms with E-state index in [0.717, 1.165) is 11.3 Å². The van der Waals surface area contributed by atoms with Crippen LogP contribution in [0.25, 0.3) is 0 Å². The first kappa shape index (κ1) is 11.1. The van der Waals surface area contributed by atoms with Crippen LogP contribution in [0.2, 0.25) is 0 Å². The van der Waals surface area contributed by atoms with Gasteiger partial charge in [0.1, 0.15) is 5.76 Å². The van der Waals surface area contributed by atoms with Crippen molar-refractivity contribution in [2.24, 2.45) is 0 Å². The molecule has 1 heteroatoms. The van der Waals surface area contributed by atoms with Gasteiger partial charge in [-0.25, -0.2) is 0 Å². The summed E-state index contributed by atoms with van der Waals surface area (Å²) < 4.78 is 5.55. The van der Waals surface area contributed by atoms with Crippen molar-refractivity contribution in [1.29, 1.82) is 0 Å². The van der Waals surface area contributed by atoms with Crippen molar-refractivity contribution in [2.75, 3.05) is 0 Å². The second kappa shape index (κ2) is 3.64. The van der Waals surface area contributed by atoms with Crippen molar-refractivity contribution in [1.82, 2.24) is 0 Å². The molecule has 14 heavy (non-hydrogen) atoms. The van der Waals surface area contributed by atoms with Crippen LogP contribution in [0.4, 0.5) is 0 Å². The summed E-state index contributed by atoms with van der Waals surface area (Å²) in [5.74, 6) is 1.33. The molecular formula is C13H20O. The first-order valence-electron chi connectivity index (χ1n) is 5.06. The molecule has 0 bridgehead atoms. The third-order valence-corrected chi connectivity index (χ3v) is 2.65. The molecule has 0 saturated carbocycles. The molecule has 1 aromatic heterocycles. The second-order valence-corrected chi connectivity index (χ2v) is 5.06. The molecule has 78 valence electrons. The molecule has 0 fully saturated rings. The predicted molar refractivity (Wildman–Crippen MR) is 60.6 cm³/mol. The van der Waals surface area contributed by atoms with E-state index in [4.69, 9.17) is 4.42 Å². The number of rotatable bonds is 2. The molecule has 0 unspecified atom stereocenters. The Morgan fingerprint density at radius 3 is 2.36 bits per heavy atom. The van der Waals surface area contributed by atoms with Crippen molar-refractivity contribution in [2.45, 2.75) is 46.0 Å². The summed E-state index contributed by atoms with van der Waals surface area (Å²) in [5, 5.41) is 0. The smallest absolute Gasteiger partial charge is 0.110 e. The van der Waals surface area contributed by atoms with E-state index in [0.29, 0.717) is 5.92 Å². The lowest BCUT2D eigenvalue weighted by Crippen LogP contribution is -2.09. The Bertz CT molecular complexity index is 325. The van der Waals surface area contributed by atoms with E-state index in [1.807, 2.05) is 13.2 Å². The average Bonchev–Trinajstić information content (AvgIpc) is 2.49. The highest BCUT2D eigenvalue weighted by molar-refractivity contribution is 5.26. The van der Waals surface area contributed by atoms with E-state index in [1.54, 1.807) is 0 Å². The molecule has 0 saturated heterocycles. The maximum Gasteiger partial charge on any atom is 0.110 e. The number of allylic oxidation sites excluding steroid dienone is 1. The summed E-state index contributed by atoms with van der Waals surface area (Å²) >= 11 is 0. The maximum atomic E-state index is 5.55. The fraction of sp³-hybridized carbons (Fsp3) is 0.538. The average molecular weight is 192 g/mol. The Balaban J connectivity index is 2.94. The standard InChI is InChI=1S/C13H20O/c1-9(2)10(3)12-7-11(8-14-12)13(4,5)6/h7-8,10H,1H2,2-6H3/t10-/m1/s1. The zero-order chi connectivity index (χ0) is 10.9. The fourth-order valence-electron chi connectivity index (χ4n) is 1.22. The highest BCUT2D eigenvalue weighted by atomic mass is 16.3. The zero-order valence-electron chi connectivity index (χ0n) is 9.85. The molecule has 1 rings (SSSR count). The SMILES string of the molecule is C=C(C)[C@@H](C)c1cc(C(C)(C)C)co1. The second-order valence-electron chi connectivity index (χ2n) is 5.06. The Kier molecular flexibility index (Phi) is 2.89. The highest BCUT2D eigenvalue weighted by Crippen LogP contribution is 2.29. The summed E-state index contributed by atoms with van der Waals surface area (Å²) in [7, 11) is 0. The van der Waals surface area contributed by atoms with Crippen LogP contribution in [0.15, 0.2) is 28.9 Å². The van der Waals surface area contributed by atoms with Crippen molar-refractivity contribution in [3.63, 3.8) is 0 Å². The lowest BCUT2D eigenvalue weighted by Gasteiger charge is -2.15. The molecule has 0 aliphatic carbocycles. The Hall–Kier alpha value is -0.980. The van der Waals surface area contributed by atoms with Gasteiger partial charge in [-0.05, 0) is 24.0 Å². The quantitative estimate of drug-likeness (QED) is 0.638. The minimum absolute atomic E-state index is 0.163. The van der Waals surface area contributed by atoms with Gasteiger partial charge in [-0.1, -0.05) is 39.8 Å². The normalized spacial score (nSPS) is 14.1. The van der Waals surface area contributed by atoms with Crippen LogP contribution in [-0.2, 0) is 5.41 Å². The third kappa shape index (κ3) is 2.28. The van der Waals surface area contributed by atoms with Gasteiger partial charge in [0.2, 0.25) is 0 Å². The molecule has 0 aliphatic heterocycles. The molecule has 0 amide bonds. The highest BCUT2D eigenvalue weighted by Gasteiger charge is 2.18. The van der Waals surface area contributed by atoms with Gasteiger partial charge in [0, 0.05) is 5.92 Å². The van der Waals surface area contributed by atoms with Gasteiger partial charge in [-0.3, -0.25) is 0 Å². The van der Waals surface area contributed by atoms with Crippen molar-refractivity contribution in [3.05, 3.63) is 35.8 Å². The van der Waals surface area contributed by atoms with E-state index >= 15 is 0 Å². The fourth-order valence-corrected chi connectivity index (χ4v) is 1.22. The number of hydrogen-bond acceptors (Lipinski definition) is 1. The Morgan fingerprint density at radius 1 is 1.43 bits per heavy atom. The molecule has 0 N–H and O–H groups in total. The topological polar surface area (TPSA) is 13.1 Å². The summed E-state index contributed by atoms with van der Waals surface area (Å²) in [5.41, 5.74) is 2.55. The molecule has 0 aromatic carbocycles. The van der Waals surface area contributed by atoms with Crippen LogP contribution >= 0.6 is 0 Å². The zero-order valence-corrected chi connectivity index (χ0v) is 9.85. The van der Waals surface area contributed by atoms with Crippen LogP contribution in [0.5, 0.6) is 0 Å². The van der Waals surface area contributed by atoms with Crippen LogP contribution in [-0.4, -0.2) is 0 Å². The lowest BCUT2D eigenvalue weighted by atomic mass is 9.88. The number of hydrogen-bond donors (Lipinski definition) is 0.